The summed E-state index contributed by atoms with van der Waals surface area (Å²) < 4.78 is 7.46. The molecule has 1 aliphatic rings. The third-order valence-electron chi connectivity index (χ3n) is 4.57. The molecule has 0 atom stereocenters. The van der Waals surface area contributed by atoms with E-state index >= 15 is 0 Å². The van der Waals surface area contributed by atoms with E-state index in [1.165, 1.54) is 0 Å². The van der Waals surface area contributed by atoms with Crippen LogP contribution in [0, 0.1) is 13.8 Å². The highest BCUT2D eigenvalue weighted by Crippen LogP contribution is 2.25. The van der Waals surface area contributed by atoms with E-state index in [0.29, 0.717) is 12.8 Å². The van der Waals surface area contributed by atoms with Gasteiger partial charge in [0.1, 0.15) is 5.60 Å². The first-order valence-corrected chi connectivity index (χ1v) is 8.25. The first-order valence-electron chi connectivity index (χ1n) is 8.25. The number of piperidine rings is 1. The molecule has 0 radical (unpaired) electrons. The Bertz CT molecular complexity index is 738. The second-order valence-electron chi connectivity index (χ2n) is 6.29. The quantitative estimate of drug-likeness (QED) is 0.875. The van der Waals surface area contributed by atoms with Crippen LogP contribution < -0.4 is 10.6 Å². The second-order valence-corrected chi connectivity index (χ2v) is 6.29. The Hall–Kier alpha value is -1.89. The largest absolute Gasteiger partial charge is 0.368 e. The number of hydrogen-bond donors (Lipinski definition) is 2. The van der Waals surface area contributed by atoms with Crippen LogP contribution in [-0.4, -0.2) is 41.5 Å². The highest BCUT2D eigenvalue weighted by atomic mass is 35.5. The van der Waals surface area contributed by atoms with Gasteiger partial charge in [0.25, 0.3) is 5.91 Å². The van der Waals surface area contributed by atoms with Gasteiger partial charge in [-0.25, -0.2) is 4.68 Å². The molecule has 1 saturated heterocycles. The normalized spacial score (nSPS) is 16.1. The molecule has 2 heterocycles. The van der Waals surface area contributed by atoms with Crippen molar-refractivity contribution in [3.63, 3.8) is 0 Å². The van der Waals surface area contributed by atoms with Crippen LogP contribution in [0.1, 0.15) is 24.2 Å². The van der Waals surface area contributed by atoms with Crippen LogP contribution in [-0.2, 0) is 9.53 Å². The van der Waals surface area contributed by atoms with Crippen molar-refractivity contribution in [3.05, 3.63) is 41.7 Å². The molecule has 25 heavy (non-hydrogen) atoms. The molecule has 0 spiro atoms. The van der Waals surface area contributed by atoms with Gasteiger partial charge in [-0.2, -0.15) is 5.10 Å². The molecule has 1 aromatic carbocycles. The topological polar surface area (TPSA) is 68.2 Å². The summed E-state index contributed by atoms with van der Waals surface area (Å²) in [5.74, 6) is -0.0861. The molecule has 3 rings (SSSR count). The Morgan fingerprint density at radius 2 is 2.00 bits per heavy atom. The van der Waals surface area contributed by atoms with E-state index < -0.39 is 5.60 Å². The van der Waals surface area contributed by atoms with Gasteiger partial charge < -0.3 is 15.4 Å². The van der Waals surface area contributed by atoms with Crippen molar-refractivity contribution in [1.82, 2.24) is 15.1 Å². The third kappa shape index (κ3) is 4.03. The number of carbonyl (C=O) groups excluding carboxylic acids is 1. The van der Waals surface area contributed by atoms with Gasteiger partial charge in [-0.3, -0.25) is 4.79 Å². The molecule has 1 amide bonds. The summed E-state index contributed by atoms with van der Waals surface area (Å²) in [5, 5.41) is 10.8. The van der Waals surface area contributed by atoms with E-state index in [0.717, 1.165) is 35.9 Å². The van der Waals surface area contributed by atoms with Crippen LogP contribution in [0.15, 0.2) is 30.3 Å². The van der Waals surface area contributed by atoms with Crippen LogP contribution in [0.4, 0.5) is 5.69 Å². The van der Waals surface area contributed by atoms with Crippen LogP contribution in [0.3, 0.4) is 0 Å². The molecular formula is C18H25ClN4O2. The number of benzene rings is 1. The molecule has 2 N–H and O–H groups in total. The van der Waals surface area contributed by atoms with E-state index in [4.69, 9.17) is 4.74 Å². The van der Waals surface area contributed by atoms with Gasteiger partial charge in [0.2, 0.25) is 0 Å². The number of anilines is 1. The highest BCUT2D eigenvalue weighted by molar-refractivity contribution is 5.97. The average molecular weight is 365 g/mol. The molecule has 0 bridgehead atoms. The number of amides is 1. The number of halogens is 1. The number of rotatable bonds is 4. The van der Waals surface area contributed by atoms with Crippen molar-refractivity contribution in [2.24, 2.45) is 0 Å². The number of aryl methyl sites for hydroxylation is 2. The van der Waals surface area contributed by atoms with E-state index in [1.807, 2.05) is 48.9 Å². The van der Waals surface area contributed by atoms with Gasteiger partial charge >= 0.3 is 0 Å². The monoisotopic (exact) mass is 364 g/mol. The SMILES string of the molecule is COC1(C(=O)Nc2cccc(-n3nc(C)cc3C)c2)CCNCC1.Cl. The lowest BCUT2D eigenvalue weighted by atomic mass is 9.91. The molecule has 1 aliphatic heterocycles. The minimum Gasteiger partial charge on any atom is -0.368 e. The Kier molecular flexibility index (Phi) is 6.21. The predicted molar refractivity (Wildman–Crippen MR) is 101 cm³/mol. The predicted octanol–water partition coefficient (Wildman–Crippen LogP) is 2.62. The molecule has 1 fully saturated rings. The zero-order valence-electron chi connectivity index (χ0n) is 14.8. The molecule has 136 valence electrons. The number of nitrogens with one attached hydrogen (secondary N) is 2. The van der Waals surface area contributed by atoms with E-state index in [1.54, 1.807) is 7.11 Å². The zero-order valence-corrected chi connectivity index (χ0v) is 15.7. The average Bonchev–Trinajstić information content (AvgIpc) is 2.94. The number of aromatic nitrogens is 2. The Morgan fingerprint density at radius 1 is 1.28 bits per heavy atom. The van der Waals surface area contributed by atoms with E-state index in [-0.39, 0.29) is 18.3 Å². The summed E-state index contributed by atoms with van der Waals surface area (Å²) in [6, 6.07) is 9.74. The summed E-state index contributed by atoms with van der Waals surface area (Å²) in [5.41, 5.74) is 2.95. The fraction of sp³-hybridized carbons (Fsp3) is 0.444. The molecule has 0 unspecified atom stereocenters. The standard InChI is InChI=1S/C18H24N4O2.ClH/c1-13-11-14(2)22(21-13)16-6-4-5-15(12-16)20-17(23)18(24-3)7-9-19-10-8-18;/h4-6,11-12,19H,7-10H2,1-3H3,(H,20,23);1H. The molecule has 1 aromatic heterocycles. The summed E-state index contributed by atoms with van der Waals surface area (Å²) in [4.78, 5) is 12.8. The maximum absolute atomic E-state index is 12.8. The molecule has 2 aromatic rings. The molecule has 0 saturated carbocycles. The summed E-state index contributed by atoms with van der Waals surface area (Å²) >= 11 is 0. The number of nitrogens with zero attached hydrogens (tertiary/aromatic N) is 2. The summed E-state index contributed by atoms with van der Waals surface area (Å²) in [7, 11) is 1.61. The molecular weight excluding hydrogens is 340 g/mol. The van der Waals surface area contributed by atoms with Gasteiger partial charge in [0, 0.05) is 18.5 Å². The van der Waals surface area contributed by atoms with Crippen molar-refractivity contribution in [1.29, 1.82) is 0 Å². The first-order chi connectivity index (χ1) is 11.5. The number of methoxy groups -OCH3 is 1. The Balaban J connectivity index is 0.00000225. The molecule has 7 heteroatoms. The zero-order chi connectivity index (χ0) is 17.2. The summed E-state index contributed by atoms with van der Waals surface area (Å²) in [6.45, 7) is 5.55. The summed E-state index contributed by atoms with van der Waals surface area (Å²) in [6.07, 6.45) is 1.35. The number of carbonyl (C=O) groups is 1. The first kappa shape index (κ1) is 19.4. The van der Waals surface area contributed by atoms with E-state index in [9.17, 15) is 4.79 Å². The minimum absolute atomic E-state index is 0. The van der Waals surface area contributed by atoms with Crippen molar-refractivity contribution in [2.45, 2.75) is 32.3 Å². The van der Waals surface area contributed by atoms with Gasteiger partial charge in [-0.05, 0) is 64.0 Å². The lowest BCUT2D eigenvalue weighted by molar-refractivity contribution is -0.140. The van der Waals surface area contributed by atoms with Gasteiger partial charge in [0.05, 0.1) is 11.4 Å². The van der Waals surface area contributed by atoms with Crippen molar-refractivity contribution >= 4 is 24.0 Å². The van der Waals surface area contributed by atoms with Gasteiger partial charge in [-0.1, -0.05) is 6.07 Å². The maximum atomic E-state index is 12.8. The lowest BCUT2D eigenvalue weighted by Gasteiger charge is -2.34. The molecule has 6 nitrogen and oxygen atoms in total. The number of hydrogen-bond acceptors (Lipinski definition) is 4. The van der Waals surface area contributed by atoms with Crippen LogP contribution >= 0.6 is 12.4 Å². The van der Waals surface area contributed by atoms with E-state index in [2.05, 4.69) is 15.7 Å². The minimum atomic E-state index is -0.751. The van der Waals surface area contributed by atoms with Crippen molar-refractivity contribution in [3.8, 4) is 5.69 Å². The smallest absolute Gasteiger partial charge is 0.256 e. The van der Waals surface area contributed by atoms with Crippen LogP contribution in [0.25, 0.3) is 5.69 Å². The Labute approximate surface area is 154 Å². The van der Waals surface area contributed by atoms with Gasteiger partial charge in [0.15, 0.2) is 0 Å². The fourth-order valence-corrected chi connectivity index (χ4v) is 3.21. The third-order valence-corrected chi connectivity index (χ3v) is 4.57. The van der Waals surface area contributed by atoms with Crippen LogP contribution in [0.2, 0.25) is 0 Å². The Morgan fingerprint density at radius 3 is 2.60 bits per heavy atom. The highest BCUT2D eigenvalue weighted by Gasteiger charge is 2.39. The van der Waals surface area contributed by atoms with Crippen molar-refractivity contribution in [2.75, 3.05) is 25.5 Å². The second kappa shape index (κ2) is 7.99. The van der Waals surface area contributed by atoms with Crippen molar-refractivity contribution < 1.29 is 9.53 Å². The maximum Gasteiger partial charge on any atom is 0.256 e. The lowest BCUT2D eigenvalue weighted by Crippen LogP contribution is -2.51. The molecule has 0 aliphatic carbocycles. The fourth-order valence-electron chi connectivity index (χ4n) is 3.21. The number of ether oxygens (including phenoxy) is 1. The van der Waals surface area contributed by atoms with Gasteiger partial charge in [-0.15, -0.1) is 12.4 Å². The van der Waals surface area contributed by atoms with Crippen LogP contribution in [0.5, 0.6) is 0 Å².